The van der Waals surface area contributed by atoms with Crippen LogP contribution >= 0.6 is 23.2 Å². The molecule has 0 atom stereocenters. The fourth-order valence-electron chi connectivity index (χ4n) is 1.33. The maximum Gasteiger partial charge on any atom is 0.406 e. The molecule has 0 aromatic carbocycles. The van der Waals surface area contributed by atoms with Gasteiger partial charge in [-0.2, -0.15) is 0 Å². The minimum atomic E-state index is -0.614. The highest BCUT2D eigenvalue weighted by atomic mass is 35.5. The van der Waals surface area contributed by atoms with E-state index in [1.54, 1.807) is 6.07 Å². The molecule has 2 aromatic rings. The van der Waals surface area contributed by atoms with Crippen LogP contribution in [0.25, 0.3) is 0 Å². The lowest BCUT2D eigenvalue weighted by atomic mass is 10.3. The molecular weight excluding hydrogens is 293 g/mol. The molecule has 0 unspecified atom stereocenters. The summed E-state index contributed by atoms with van der Waals surface area (Å²) < 4.78 is 5.33. The van der Waals surface area contributed by atoms with Gasteiger partial charge in [-0.25, -0.2) is 4.98 Å². The normalized spacial score (nSPS) is 10.2. The summed E-state index contributed by atoms with van der Waals surface area (Å²) in [5.74, 6) is -0.279. The number of nitrogens with zero attached hydrogens (tertiary/aromatic N) is 3. The van der Waals surface area contributed by atoms with Crippen molar-refractivity contribution in [2.45, 2.75) is 6.61 Å². The molecule has 0 radical (unpaired) electrons. The van der Waals surface area contributed by atoms with Gasteiger partial charge in [0.1, 0.15) is 18.0 Å². The number of ether oxygens (including phenoxy) is 1. The molecule has 0 aliphatic heterocycles. The lowest BCUT2D eigenvalue weighted by Gasteiger charge is -2.07. The van der Waals surface area contributed by atoms with E-state index in [0.29, 0.717) is 10.6 Å². The molecule has 0 aliphatic rings. The maximum atomic E-state index is 10.8. The van der Waals surface area contributed by atoms with Crippen LogP contribution in [0, 0.1) is 10.1 Å². The van der Waals surface area contributed by atoms with Crippen LogP contribution in [0.15, 0.2) is 30.6 Å². The summed E-state index contributed by atoms with van der Waals surface area (Å²) in [5.41, 5.74) is 0.573. The Labute approximate surface area is 118 Å². The number of hydrogen-bond donors (Lipinski definition) is 0. The highest BCUT2D eigenvalue weighted by Crippen LogP contribution is 2.25. The Balaban J connectivity index is 2.17. The van der Waals surface area contributed by atoms with Crippen LogP contribution in [-0.2, 0) is 6.61 Å². The van der Waals surface area contributed by atoms with Gasteiger partial charge >= 0.3 is 5.82 Å². The Morgan fingerprint density at radius 3 is 2.84 bits per heavy atom. The molecule has 8 heteroatoms. The highest BCUT2D eigenvalue weighted by Gasteiger charge is 2.16. The summed E-state index contributed by atoms with van der Waals surface area (Å²) in [4.78, 5) is 17.6. The van der Waals surface area contributed by atoms with E-state index in [9.17, 15) is 10.1 Å². The Hall–Kier alpha value is -1.92. The predicted molar refractivity (Wildman–Crippen MR) is 69.5 cm³/mol. The topological polar surface area (TPSA) is 78.2 Å². The van der Waals surface area contributed by atoms with E-state index in [-0.39, 0.29) is 23.3 Å². The molecule has 2 aromatic heterocycles. The van der Waals surface area contributed by atoms with Gasteiger partial charge in [-0.05, 0) is 28.1 Å². The molecule has 2 rings (SSSR count). The minimum absolute atomic E-state index is 0.0372. The molecule has 0 bridgehead atoms. The number of halogens is 2. The lowest BCUT2D eigenvalue weighted by Crippen LogP contribution is -2.01. The van der Waals surface area contributed by atoms with Crippen molar-refractivity contribution in [3.63, 3.8) is 0 Å². The number of hydrogen-bond acceptors (Lipinski definition) is 5. The van der Waals surface area contributed by atoms with Crippen LogP contribution in [0.5, 0.6) is 5.75 Å². The van der Waals surface area contributed by atoms with Gasteiger partial charge in [-0.1, -0.05) is 23.2 Å². The van der Waals surface area contributed by atoms with Gasteiger partial charge in [-0.3, -0.25) is 0 Å². The summed E-state index contributed by atoms with van der Waals surface area (Å²) in [7, 11) is 0. The second-order valence-corrected chi connectivity index (χ2v) is 4.26. The first-order valence-corrected chi connectivity index (χ1v) is 5.85. The first kappa shape index (κ1) is 13.5. The van der Waals surface area contributed by atoms with Gasteiger partial charge in [-0.15, -0.1) is 0 Å². The van der Waals surface area contributed by atoms with Crippen LogP contribution in [0.3, 0.4) is 0 Å². The number of nitro groups is 1. The molecule has 0 amide bonds. The predicted octanol–water partition coefficient (Wildman–Crippen LogP) is 3.27. The van der Waals surface area contributed by atoms with Crippen LogP contribution in [0.4, 0.5) is 5.82 Å². The van der Waals surface area contributed by atoms with Crippen molar-refractivity contribution in [3.05, 3.63) is 56.4 Å². The number of rotatable bonds is 4. The molecule has 2 heterocycles. The highest BCUT2D eigenvalue weighted by molar-refractivity contribution is 6.34. The Morgan fingerprint density at radius 2 is 2.16 bits per heavy atom. The van der Waals surface area contributed by atoms with E-state index >= 15 is 0 Å². The summed E-state index contributed by atoms with van der Waals surface area (Å²) >= 11 is 11.6. The largest absolute Gasteiger partial charge is 0.481 e. The van der Waals surface area contributed by atoms with Crippen molar-refractivity contribution in [2.24, 2.45) is 0 Å². The Bertz CT molecular complexity index is 622. The molecule has 98 valence electrons. The average Bonchev–Trinajstić information content (AvgIpc) is 2.38. The van der Waals surface area contributed by atoms with Gasteiger partial charge in [0, 0.05) is 11.8 Å². The summed E-state index contributed by atoms with van der Waals surface area (Å²) in [5, 5.41) is 11.4. The van der Waals surface area contributed by atoms with E-state index < -0.39 is 4.92 Å². The van der Waals surface area contributed by atoms with Crippen molar-refractivity contribution in [1.29, 1.82) is 0 Å². The third kappa shape index (κ3) is 3.30. The van der Waals surface area contributed by atoms with Crippen molar-refractivity contribution >= 4 is 29.0 Å². The zero-order chi connectivity index (χ0) is 13.8. The monoisotopic (exact) mass is 299 g/mol. The van der Waals surface area contributed by atoms with Gasteiger partial charge in [0.15, 0.2) is 0 Å². The Morgan fingerprint density at radius 1 is 1.37 bits per heavy atom. The molecule has 19 heavy (non-hydrogen) atoms. The third-order valence-corrected chi connectivity index (χ3v) is 2.76. The van der Waals surface area contributed by atoms with Gasteiger partial charge in [0.2, 0.25) is 5.75 Å². The molecule has 0 spiro atoms. The van der Waals surface area contributed by atoms with Crippen LogP contribution < -0.4 is 4.74 Å². The van der Waals surface area contributed by atoms with Crippen LogP contribution in [-0.4, -0.2) is 14.9 Å². The van der Waals surface area contributed by atoms with E-state index in [1.165, 1.54) is 24.5 Å². The number of pyridine rings is 2. The quantitative estimate of drug-likeness (QED) is 0.492. The molecule has 0 saturated heterocycles. The molecule has 0 aliphatic carbocycles. The van der Waals surface area contributed by atoms with Crippen molar-refractivity contribution in [2.75, 3.05) is 0 Å². The van der Waals surface area contributed by atoms with Gasteiger partial charge < -0.3 is 14.9 Å². The number of aromatic nitrogens is 2. The first-order chi connectivity index (χ1) is 9.08. The zero-order valence-corrected chi connectivity index (χ0v) is 10.9. The van der Waals surface area contributed by atoms with Gasteiger partial charge in [0.25, 0.3) is 0 Å². The minimum Gasteiger partial charge on any atom is -0.481 e. The fourth-order valence-corrected chi connectivity index (χ4v) is 1.75. The van der Waals surface area contributed by atoms with Crippen LogP contribution in [0.1, 0.15) is 5.56 Å². The molecule has 0 N–H and O–H groups in total. The average molecular weight is 300 g/mol. The van der Waals surface area contributed by atoms with Gasteiger partial charge in [0.05, 0.1) is 5.02 Å². The SMILES string of the molecule is O=[N+]([O-])c1ncccc1OCc1cnc(Cl)cc1Cl. The summed E-state index contributed by atoms with van der Waals surface area (Å²) in [6, 6.07) is 4.48. The van der Waals surface area contributed by atoms with Crippen molar-refractivity contribution < 1.29 is 9.66 Å². The lowest BCUT2D eigenvalue weighted by molar-refractivity contribution is -0.390. The smallest absolute Gasteiger partial charge is 0.406 e. The Kier molecular flexibility index (Phi) is 4.13. The second-order valence-electron chi connectivity index (χ2n) is 3.47. The first-order valence-electron chi connectivity index (χ1n) is 5.10. The standard InChI is InChI=1S/C11H7Cl2N3O3/c12-8-4-10(13)15-5-7(8)6-19-9-2-1-3-14-11(9)16(17)18/h1-5H,6H2. The molecular formula is C11H7Cl2N3O3. The van der Waals surface area contributed by atoms with Crippen molar-refractivity contribution in [1.82, 2.24) is 9.97 Å². The van der Waals surface area contributed by atoms with E-state index in [2.05, 4.69) is 9.97 Å². The van der Waals surface area contributed by atoms with Crippen LogP contribution in [0.2, 0.25) is 10.2 Å². The molecule has 6 nitrogen and oxygen atoms in total. The summed E-state index contributed by atoms with van der Waals surface area (Å²) in [6.07, 6.45) is 2.77. The molecule has 0 saturated carbocycles. The third-order valence-electron chi connectivity index (χ3n) is 2.20. The zero-order valence-electron chi connectivity index (χ0n) is 9.42. The maximum absolute atomic E-state index is 10.8. The summed E-state index contributed by atoms with van der Waals surface area (Å²) in [6.45, 7) is 0.0372. The van der Waals surface area contributed by atoms with E-state index in [4.69, 9.17) is 27.9 Å². The van der Waals surface area contributed by atoms with E-state index in [0.717, 1.165) is 0 Å². The van der Waals surface area contributed by atoms with Crippen molar-refractivity contribution in [3.8, 4) is 5.75 Å². The molecule has 0 fully saturated rings. The fraction of sp³-hybridized carbons (Fsp3) is 0.0909. The van der Waals surface area contributed by atoms with E-state index in [1.807, 2.05) is 0 Å². The second kappa shape index (κ2) is 5.81.